The molecule has 1 unspecified atom stereocenters. The molecule has 0 radical (unpaired) electrons. The van der Waals surface area contributed by atoms with E-state index in [1.807, 2.05) is 31.2 Å². The van der Waals surface area contributed by atoms with Gasteiger partial charge in [-0.2, -0.15) is 0 Å². The molecule has 5 nitrogen and oxygen atoms in total. The van der Waals surface area contributed by atoms with E-state index in [9.17, 15) is 9.59 Å². The molecule has 1 saturated heterocycles. The van der Waals surface area contributed by atoms with Crippen LogP contribution in [0, 0.1) is 6.92 Å². The number of amides is 2. The maximum Gasteiger partial charge on any atom is 0.253 e. The average Bonchev–Trinajstić information content (AvgIpc) is 2.67. The van der Waals surface area contributed by atoms with E-state index in [-0.39, 0.29) is 11.8 Å². The largest absolute Gasteiger partial charge is 0.337 e. The van der Waals surface area contributed by atoms with Crippen molar-refractivity contribution >= 4 is 23.4 Å². The molecule has 136 valence electrons. The fourth-order valence-electron chi connectivity index (χ4n) is 3.02. The lowest BCUT2D eigenvalue weighted by Gasteiger charge is -2.36. The summed E-state index contributed by atoms with van der Waals surface area (Å²) >= 11 is 5.86. The number of carbonyl (C=O) groups is 2. The van der Waals surface area contributed by atoms with Gasteiger partial charge in [0.15, 0.2) is 0 Å². The molecular weight excluding hydrogens is 350 g/mol. The van der Waals surface area contributed by atoms with Crippen molar-refractivity contribution in [1.29, 1.82) is 0 Å². The van der Waals surface area contributed by atoms with Crippen LogP contribution in [-0.4, -0.2) is 47.8 Å². The second-order valence-electron chi connectivity index (χ2n) is 6.51. The summed E-state index contributed by atoms with van der Waals surface area (Å²) in [6.07, 6.45) is 0. The zero-order valence-corrected chi connectivity index (χ0v) is 15.4. The number of aryl methyl sites for hydroxylation is 1. The van der Waals surface area contributed by atoms with Gasteiger partial charge in [0.25, 0.3) is 5.91 Å². The molecule has 1 heterocycles. The summed E-state index contributed by atoms with van der Waals surface area (Å²) in [6, 6.07) is 13.8. The van der Waals surface area contributed by atoms with Crippen molar-refractivity contribution < 1.29 is 9.59 Å². The van der Waals surface area contributed by atoms with Gasteiger partial charge in [-0.1, -0.05) is 41.4 Å². The van der Waals surface area contributed by atoms with E-state index in [0.29, 0.717) is 36.8 Å². The number of nitrogens with two attached hydrogens (primary N) is 1. The highest BCUT2D eigenvalue weighted by molar-refractivity contribution is 6.30. The van der Waals surface area contributed by atoms with Gasteiger partial charge in [0, 0.05) is 36.8 Å². The van der Waals surface area contributed by atoms with Gasteiger partial charge < -0.3 is 15.5 Å². The average molecular weight is 372 g/mol. The Kier molecular flexibility index (Phi) is 5.59. The summed E-state index contributed by atoms with van der Waals surface area (Å²) in [7, 11) is 0. The Labute approximate surface area is 158 Å². The van der Waals surface area contributed by atoms with Crippen molar-refractivity contribution in [3.63, 3.8) is 0 Å². The van der Waals surface area contributed by atoms with Crippen LogP contribution in [0.4, 0.5) is 0 Å². The van der Waals surface area contributed by atoms with E-state index in [2.05, 4.69) is 0 Å². The number of nitrogens with zero attached hydrogens (tertiary/aromatic N) is 2. The van der Waals surface area contributed by atoms with Crippen LogP contribution in [0.1, 0.15) is 27.5 Å². The fraction of sp³-hybridized carbons (Fsp3) is 0.300. The van der Waals surface area contributed by atoms with Crippen molar-refractivity contribution in [2.24, 2.45) is 5.73 Å². The van der Waals surface area contributed by atoms with Crippen molar-refractivity contribution in [2.75, 3.05) is 26.2 Å². The molecular formula is C20H22ClN3O2. The maximum absolute atomic E-state index is 12.7. The Hall–Kier alpha value is -2.37. The van der Waals surface area contributed by atoms with Crippen LogP contribution >= 0.6 is 11.6 Å². The number of halogens is 1. The molecule has 2 N–H and O–H groups in total. The third kappa shape index (κ3) is 4.06. The molecule has 0 aliphatic carbocycles. The third-order valence-corrected chi connectivity index (χ3v) is 4.92. The van der Waals surface area contributed by atoms with Gasteiger partial charge in [0.05, 0.1) is 0 Å². The van der Waals surface area contributed by atoms with Gasteiger partial charge in [-0.05, 0) is 36.8 Å². The molecule has 2 aromatic rings. The van der Waals surface area contributed by atoms with Crippen molar-refractivity contribution in [1.82, 2.24) is 9.80 Å². The molecule has 0 saturated carbocycles. The standard InChI is InChI=1S/C20H22ClN3O2/c1-14-2-4-15(5-3-14)18(22)20(26)24-12-10-23(11-13-24)19(25)16-6-8-17(21)9-7-16/h2-9,18H,10-13,22H2,1H3. The molecule has 6 heteroatoms. The first kappa shape index (κ1) is 18.4. The lowest BCUT2D eigenvalue weighted by molar-refractivity contribution is -0.134. The maximum atomic E-state index is 12.7. The Morgan fingerprint density at radius 3 is 2.04 bits per heavy atom. The predicted octanol–water partition coefficient (Wildman–Crippen LogP) is 2.63. The van der Waals surface area contributed by atoms with Gasteiger partial charge in [0.2, 0.25) is 5.91 Å². The van der Waals surface area contributed by atoms with Gasteiger partial charge in [0.1, 0.15) is 6.04 Å². The minimum absolute atomic E-state index is 0.0448. The van der Waals surface area contributed by atoms with Crippen LogP contribution in [0.5, 0.6) is 0 Å². The smallest absolute Gasteiger partial charge is 0.253 e. The van der Waals surface area contributed by atoms with Crippen LogP contribution in [0.15, 0.2) is 48.5 Å². The Bertz CT molecular complexity index is 782. The van der Waals surface area contributed by atoms with Crippen LogP contribution in [0.2, 0.25) is 5.02 Å². The molecule has 1 atom stereocenters. The minimum atomic E-state index is -0.672. The highest BCUT2D eigenvalue weighted by Crippen LogP contribution is 2.17. The van der Waals surface area contributed by atoms with Gasteiger partial charge in [-0.15, -0.1) is 0 Å². The van der Waals surface area contributed by atoms with Crippen molar-refractivity contribution in [2.45, 2.75) is 13.0 Å². The number of rotatable bonds is 3. The molecule has 0 aromatic heterocycles. The zero-order chi connectivity index (χ0) is 18.7. The van der Waals surface area contributed by atoms with E-state index < -0.39 is 6.04 Å². The van der Waals surface area contributed by atoms with Crippen LogP contribution in [0.25, 0.3) is 0 Å². The molecule has 1 fully saturated rings. The van der Waals surface area contributed by atoms with Gasteiger partial charge >= 0.3 is 0 Å². The third-order valence-electron chi connectivity index (χ3n) is 4.67. The molecule has 3 rings (SSSR count). The van der Waals surface area contributed by atoms with Crippen molar-refractivity contribution in [3.05, 3.63) is 70.2 Å². The SMILES string of the molecule is Cc1ccc(C(N)C(=O)N2CCN(C(=O)c3ccc(Cl)cc3)CC2)cc1. The van der Waals surface area contributed by atoms with E-state index in [1.165, 1.54) is 0 Å². The highest BCUT2D eigenvalue weighted by atomic mass is 35.5. The van der Waals surface area contributed by atoms with Crippen LogP contribution in [-0.2, 0) is 4.79 Å². The topological polar surface area (TPSA) is 66.6 Å². The number of hydrogen-bond acceptors (Lipinski definition) is 3. The first-order chi connectivity index (χ1) is 12.5. The number of piperazine rings is 1. The molecule has 26 heavy (non-hydrogen) atoms. The zero-order valence-electron chi connectivity index (χ0n) is 14.7. The summed E-state index contributed by atoms with van der Waals surface area (Å²) in [5, 5.41) is 0.599. The molecule has 1 aliphatic rings. The van der Waals surface area contributed by atoms with E-state index in [4.69, 9.17) is 17.3 Å². The first-order valence-corrected chi connectivity index (χ1v) is 8.99. The number of benzene rings is 2. The van der Waals surface area contributed by atoms with E-state index >= 15 is 0 Å². The molecule has 2 aromatic carbocycles. The molecule has 1 aliphatic heterocycles. The normalized spacial score (nSPS) is 15.7. The summed E-state index contributed by atoms with van der Waals surface area (Å²) < 4.78 is 0. The quantitative estimate of drug-likeness (QED) is 0.901. The second kappa shape index (κ2) is 7.89. The fourth-order valence-corrected chi connectivity index (χ4v) is 3.14. The lowest BCUT2D eigenvalue weighted by Crippen LogP contribution is -2.52. The number of carbonyl (C=O) groups excluding carboxylic acids is 2. The summed E-state index contributed by atoms with van der Waals surface area (Å²) in [5.74, 6) is -0.149. The Balaban J connectivity index is 1.59. The lowest BCUT2D eigenvalue weighted by atomic mass is 10.0. The van der Waals surface area contributed by atoms with Crippen LogP contribution in [0.3, 0.4) is 0 Å². The molecule has 0 bridgehead atoms. The monoisotopic (exact) mass is 371 g/mol. The highest BCUT2D eigenvalue weighted by Gasteiger charge is 2.28. The van der Waals surface area contributed by atoms with E-state index in [1.54, 1.807) is 34.1 Å². The number of hydrogen-bond donors (Lipinski definition) is 1. The molecule has 0 spiro atoms. The Morgan fingerprint density at radius 1 is 0.923 bits per heavy atom. The van der Waals surface area contributed by atoms with Crippen LogP contribution < -0.4 is 5.73 Å². The van der Waals surface area contributed by atoms with Gasteiger partial charge in [-0.3, -0.25) is 9.59 Å². The summed E-state index contributed by atoms with van der Waals surface area (Å²) in [5.41, 5.74) is 8.67. The predicted molar refractivity (Wildman–Crippen MR) is 102 cm³/mol. The van der Waals surface area contributed by atoms with E-state index in [0.717, 1.165) is 11.1 Å². The van der Waals surface area contributed by atoms with Gasteiger partial charge in [-0.25, -0.2) is 0 Å². The second-order valence-corrected chi connectivity index (χ2v) is 6.95. The van der Waals surface area contributed by atoms with Crippen molar-refractivity contribution in [3.8, 4) is 0 Å². The summed E-state index contributed by atoms with van der Waals surface area (Å²) in [4.78, 5) is 28.7. The summed E-state index contributed by atoms with van der Waals surface area (Å²) in [6.45, 7) is 3.95. The first-order valence-electron chi connectivity index (χ1n) is 8.61. The minimum Gasteiger partial charge on any atom is -0.337 e. The Morgan fingerprint density at radius 2 is 1.46 bits per heavy atom. The molecule has 2 amide bonds.